The average Bonchev–Trinajstić information content (AvgIpc) is 3.36. The number of nitrogens with zero attached hydrogens (tertiary/aromatic N) is 1. The number of amides is 1. The lowest BCUT2D eigenvalue weighted by Crippen LogP contribution is -2.15. The standard InChI is InChI=1S/C27H25Cl2FN2O5S/c1-36-23(26(34)35)12-18-19(28)10-16(11-20(18)29)25(33)32-27-31-21(14-38-27)17-8-5-9-22(24(17)30)37-13-15-6-3-2-4-7-15/h5,8-12,14-15H,2-4,6-7,13H2,1H3,(H,34,35)(H,31,32,33)/b23-12-. The fourth-order valence-corrected chi connectivity index (χ4v) is 5.50. The molecule has 0 unspecified atom stereocenters. The third-order valence-corrected chi connectivity index (χ3v) is 7.59. The molecule has 11 heteroatoms. The van der Waals surface area contributed by atoms with Crippen molar-refractivity contribution in [2.75, 3.05) is 19.0 Å². The summed E-state index contributed by atoms with van der Waals surface area (Å²) >= 11 is 13.6. The van der Waals surface area contributed by atoms with E-state index in [4.69, 9.17) is 37.8 Å². The number of carboxylic acids is 1. The summed E-state index contributed by atoms with van der Waals surface area (Å²) in [7, 11) is 1.21. The first-order chi connectivity index (χ1) is 18.3. The molecule has 0 bridgehead atoms. The van der Waals surface area contributed by atoms with Crippen molar-refractivity contribution in [2.45, 2.75) is 32.1 Å². The topological polar surface area (TPSA) is 97.8 Å². The lowest BCUT2D eigenvalue weighted by molar-refractivity contribution is -0.135. The van der Waals surface area contributed by atoms with Crippen molar-refractivity contribution in [3.63, 3.8) is 0 Å². The van der Waals surface area contributed by atoms with E-state index in [9.17, 15) is 9.59 Å². The van der Waals surface area contributed by atoms with Gasteiger partial charge in [-0.1, -0.05) is 48.5 Å². The number of anilines is 1. The van der Waals surface area contributed by atoms with Crippen molar-refractivity contribution in [2.24, 2.45) is 5.92 Å². The molecule has 1 aromatic heterocycles. The molecule has 0 atom stereocenters. The van der Waals surface area contributed by atoms with Crippen molar-refractivity contribution in [3.05, 3.63) is 68.5 Å². The van der Waals surface area contributed by atoms with Crippen LogP contribution in [0.2, 0.25) is 10.0 Å². The molecule has 200 valence electrons. The number of carbonyl (C=O) groups excluding carboxylic acids is 1. The predicted octanol–water partition coefficient (Wildman–Crippen LogP) is 7.54. The minimum absolute atomic E-state index is 0.0605. The van der Waals surface area contributed by atoms with Gasteiger partial charge in [-0.15, -0.1) is 11.3 Å². The van der Waals surface area contributed by atoms with E-state index in [0.29, 0.717) is 18.2 Å². The number of benzene rings is 2. The molecular weight excluding hydrogens is 554 g/mol. The highest BCUT2D eigenvalue weighted by atomic mass is 35.5. The molecule has 0 radical (unpaired) electrons. The van der Waals surface area contributed by atoms with Gasteiger partial charge in [-0.25, -0.2) is 14.2 Å². The van der Waals surface area contributed by atoms with E-state index in [0.717, 1.165) is 24.2 Å². The summed E-state index contributed by atoms with van der Waals surface area (Å²) in [4.78, 5) is 28.4. The van der Waals surface area contributed by atoms with Crippen LogP contribution in [0.25, 0.3) is 17.3 Å². The number of ether oxygens (including phenoxy) is 2. The molecule has 1 fully saturated rings. The molecule has 2 aromatic carbocycles. The fraction of sp³-hybridized carbons (Fsp3) is 0.296. The van der Waals surface area contributed by atoms with Crippen LogP contribution in [0.1, 0.15) is 48.0 Å². The summed E-state index contributed by atoms with van der Waals surface area (Å²) in [5, 5.41) is 13.8. The highest BCUT2D eigenvalue weighted by molar-refractivity contribution is 7.14. The van der Waals surface area contributed by atoms with Crippen LogP contribution in [-0.2, 0) is 9.53 Å². The third-order valence-electron chi connectivity index (χ3n) is 6.21. The van der Waals surface area contributed by atoms with Gasteiger partial charge in [0.25, 0.3) is 5.91 Å². The van der Waals surface area contributed by atoms with Crippen molar-refractivity contribution in [1.82, 2.24) is 4.98 Å². The number of thiazole rings is 1. The molecule has 1 amide bonds. The molecular formula is C27H25Cl2FN2O5S. The van der Waals surface area contributed by atoms with Crippen LogP contribution in [0.5, 0.6) is 5.75 Å². The first-order valence-electron chi connectivity index (χ1n) is 11.9. The molecule has 2 N–H and O–H groups in total. The van der Waals surface area contributed by atoms with Gasteiger partial charge in [0.1, 0.15) is 0 Å². The largest absolute Gasteiger partial charge is 0.490 e. The summed E-state index contributed by atoms with van der Waals surface area (Å²) in [6, 6.07) is 7.64. The van der Waals surface area contributed by atoms with E-state index in [1.54, 1.807) is 23.6 Å². The Morgan fingerprint density at radius 2 is 1.92 bits per heavy atom. The molecule has 1 aliphatic rings. The van der Waals surface area contributed by atoms with Crippen LogP contribution in [0.4, 0.5) is 9.52 Å². The zero-order valence-corrected chi connectivity index (χ0v) is 22.8. The number of nitrogens with one attached hydrogen (secondary N) is 1. The zero-order chi connectivity index (χ0) is 27.2. The van der Waals surface area contributed by atoms with Gasteiger partial charge in [0.2, 0.25) is 5.76 Å². The van der Waals surface area contributed by atoms with Crippen LogP contribution < -0.4 is 10.1 Å². The van der Waals surface area contributed by atoms with Crippen LogP contribution in [0.3, 0.4) is 0 Å². The van der Waals surface area contributed by atoms with Gasteiger partial charge in [-0.2, -0.15) is 0 Å². The van der Waals surface area contributed by atoms with Crippen molar-refractivity contribution in [1.29, 1.82) is 0 Å². The van der Waals surface area contributed by atoms with Crippen LogP contribution in [-0.4, -0.2) is 35.7 Å². The highest BCUT2D eigenvalue weighted by Gasteiger charge is 2.19. The van der Waals surface area contributed by atoms with E-state index in [1.165, 1.54) is 44.6 Å². The lowest BCUT2D eigenvalue weighted by Gasteiger charge is -2.22. The summed E-state index contributed by atoms with van der Waals surface area (Å²) in [5.74, 6) is -2.06. The average molecular weight is 579 g/mol. The molecule has 0 saturated heterocycles. The molecule has 1 heterocycles. The van der Waals surface area contributed by atoms with Gasteiger partial charge < -0.3 is 14.6 Å². The molecule has 38 heavy (non-hydrogen) atoms. The first-order valence-corrected chi connectivity index (χ1v) is 13.6. The van der Waals surface area contributed by atoms with Gasteiger partial charge in [-0.3, -0.25) is 10.1 Å². The van der Waals surface area contributed by atoms with Gasteiger partial charge in [0.05, 0.1) is 29.5 Å². The Morgan fingerprint density at radius 1 is 1.21 bits per heavy atom. The number of aromatic nitrogens is 1. The summed E-state index contributed by atoms with van der Waals surface area (Å²) in [6.45, 7) is 0.488. The maximum atomic E-state index is 15.2. The molecule has 0 spiro atoms. The summed E-state index contributed by atoms with van der Waals surface area (Å²) < 4.78 is 25.8. The Hall–Kier alpha value is -3.14. The second kappa shape index (κ2) is 12.6. The van der Waals surface area contributed by atoms with Crippen molar-refractivity contribution in [3.8, 4) is 17.0 Å². The maximum Gasteiger partial charge on any atom is 0.371 e. The summed E-state index contributed by atoms with van der Waals surface area (Å²) in [5.41, 5.74) is 0.968. The first kappa shape index (κ1) is 27.9. The monoisotopic (exact) mass is 578 g/mol. The van der Waals surface area contributed by atoms with Crippen molar-refractivity contribution < 1.29 is 28.6 Å². The van der Waals surface area contributed by atoms with Gasteiger partial charge >= 0.3 is 5.97 Å². The van der Waals surface area contributed by atoms with E-state index < -0.39 is 17.7 Å². The van der Waals surface area contributed by atoms with Gasteiger partial charge in [0.15, 0.2) is 16.7 Å². The minimum atomic E-state index is -1.29. The number of hydrogen-bond donors (Lipinski definition) is 2. The quantitative estimate of drug-likeness (QED) is 0.201. The molecule has 7 nitrogen and oxygen atoms in total. The Kier molecular flexibility index (Phi) is 9.25. The Bertz CT molecular complexity index is 1350. The van der Waals surface area contributed by atoms with Crippen molar-refractivity contribution >= 4 is 57.6 Å². The molecule has 3 aromatic rings. The SMILES string of the molecule is CO/C(=C\c1c(Cl)cc(C(=O)Nc2nc(-c3cccc(OCC4CCCCC4)c3F)cs2)cc1Cl)C(=O)O. The van der Waals surface area contributed by atoms with E-state index in [1.807, 2.05) is 0 Å². The van der Waals surface area contributed by atoms with Crippen LogP contribution in [0, 0.1) is 11.7 Å². The minimum Gasteiger partial charge on any atom is -0.490 e. The molecule has 1 saturated carbocycles. The highest BCUT2D eigenvalue weighted by Crippen LogP contribution is 2.33. The Morgan fingerprint density at radius 3 is 2.58 bits per heavy atom. The van der Waals surface area contributed by atoms with Crippen LogP contribution in [0.15, 0.2) is 41.5 Å². The number of methoxy groups -OCH3 is 1. The molecule has 0 aliphatic heterocycles. The zero-order valence-electron chi connectivity index (χ0n) is 20.4. The number of rotatable bonds is 9. The van der Waals surface area contributed by atoms with Crippen LogP contribution >= 0.6 is 34.5 Å². The number of carboxylic acid groups (broad SMARTS) is 1. The second-order valence-electron chi connectivity index (χ2n) is 8.80. The fourth-order valence-electron chi connectivity index (χ4n) is 4.20. The normalized spacial score (nSPS) is 14.3. The van der Waals surface area contributed by atoms with E-state index in [-0.39, 0.29) is 43.4 Å². The third kappa shape index (κ3) is 6.64. The number of halogens is 3. The Labute approximate surface area is 233 Å². The van der Waals surface area contributed by atoms with E-state index in [2.05, 4.69) is 10.3 Å². The molecule has 1 aliphatic carbocycles. The smallest absolute Gasteiger partial charge is 0.371 e. The maximum absolute atomic E-state index is 15.2. The summed E-state index contributed by atoms with van der Waals surface area (Å²) in [6.07, 6.45) is 6.98. The number of aliphatic carboxylic acids is 1. The number of hydrogen-bond acceptors (Lipinski definition) is 6. The second-order valence-corrected chi connectivity index (χ2v) is 10.5. The van der Waals surface area contributed by atoms with Gasteiger partial charge in [0, 0.05) is 22.1 Å². The lowest BCUT2D eigenvalue weighted by atomic mass is 9.90. The van der Waals surface area contributed by atoms with E-state index >= 15 is 4.39 Å². The Balaban J connectivity index is 1.47. The van der Waals surface area contributed by atoms with Gasteiger partial charge in [-0.05, 0) is 49.1 Å². The predicted molar refractivity (Wildman–Crippen MR) is 147 cm³/mol. The number of carbonyl (C=O) groups is 2. The molecule has 4 rings (SSSR count).